The number of anilines is 1. The number of aliphatic hydroxyl groups excluding tert-OH is 1. The number of hydrogen-bond acceptors (Lipinski definition) is 2. The van der Waals surface area contributed by atoms with Gasteiger partial charge < -0.3 is 10.4 Å². The lowest BCUT2D eigenvalue weighted by atomic mass is 10.1. The average molecular weight is 258 g/mol. The van der Waals surface area contributed by atoms with Crippen LogP contribution in [-0.4, -0.2) is 17.3 Å². The summed E-state index contributed by atoms with van der Waals surface area (Å²) in [6, 6.07) is 4.49. The van der Waals surface area contributed by atoms with E-state index in [4.69, 9.17) is 11.6 Å². The SMILES string of the molecule is OC1CCCCCC1Nc1c(F)cccc1Cl. The van der Waals surface area contributed by atoms with E-state index in [-0.39, 0.29) is 11.9 Å². The molecule has 2 atom stereocenters. The summed E-state index contributed by atoms with van der Waals surface area (Å²) in [7, 11) is 0. The maximum atomic E-state index is 13.6. The Bertz CT molecular complexity index is 365. The van der Waals surface area contributed by atoms with Gasteiger partial charge in [0.1, 0.15) is 5.82 Å². The molecule has 0 aliphatic heterocycles. The quantitative estimate of drug-likeness (QED) is 0.794. The van der Waals surface area contributed by atoms with Crippen molar-refractivity contribution in [3.8, 4) is 0 Å². The molecule has 1 saturated carbocycles. The van der Waals surface area contributed by atoms with Crippen LogP contribution in [-0.2, 0) is 0 Å². The first-order chi connectivity index (χ1) is 8.18. The Morgan fingerprint density at radius 1 is 1.24 bits per heavy atom. The summed E-state index contributed by atoms with van der Waals surface area (Å²) in [5.74, 6) is -0.367. The van der Waals surface area contributed by atoms with Gasteiger partial charge in [0.25, 0.3) is 0 Å². The van der Waals surface area contributed by atoms with E-state index < -0.39 is 6.10 Å². The van der Waals surface area contributed by atoms with Crippen LogP contribution in [0.4, 0.5) is 10.1 Å². The molecule has 1 aliphatic carbocycles. The number of halogens is 2. The van der Waals surface area contributed by atoms with Gasteiger partial charge in [0.15, 0.2) is 0 Å². The molecule has 0 spiro atoms. The minimum Gasteiger partial charge on any atom is -0.391 e. The Kier molecular flexibility index (Phi) is 4.24. The first-order valence-electron chi connectivity index (χ1n) is 6.07. The van der Waals surface area contributed by atoms with Crippen molar-refractivity contribution in [1.29, 1.82) is 0 Å². The van der Waals surface area contributed by atoms with Gasteiger partial charge in [0.2, 0.25) is 0 Å². The molecule has 0 amide bonds. The van der Waals surface area contributed by atoms with Crippen LogP contribution in [0.3, 0.4) is 0 Å². The number of aliphatic hydroxyl groups is 1. The van der Waals surface area contributed by atoms with Crippen molar-refractivity contribution in [3.63, 3.8) is 0 Å². The smallest absolute Gasteiger partial charge is 0.147 e. The molecule has 0 radical (unpaired) electrons. The van der Waals surface area contributed by atoms with Crippen LogP contribution >= 0.6 is 11.6 Å². The summed E-state index contributed by atoms with van der Waals surface area (Å²) in [6.45, 7) is 0. The zero-order valence-electron chi connectivity index (χ0n) is 9.63. The third-order valence-electron chi connectivity index (χ3n) is 3.27. The Morgan fingerprint density at radius 3 is 2.76 bits per heavy atom. The predicted molar refractivity (Wildman–Crippen MR) is 67.9 cm³/mol. The fourth-order valence-electron chi connectivity index (χ4n) is 2.28. The second-order valence-corrected chi connectivity index (χ2v) is 4.96. The van der Waals surface area contributed by atoms with Gasteiger partial charge in [-0.1, -0.05) is 36.9 Å². The molecular weight excluding hydrogens is 241 g/mol. The minimum absolute atomic E-state index is 0.105. The van der Waals surface area contributed by atoms with Crippen LogP contribution in [0.2, 0.25) is 5.02 Å². The molecule has 2 rings (SSSR count). The van der Waals surface area contributed by atoms with Crippen LogP contribution < -0.4 is 5.32 Å². The monoisotopic (exact) mass is 257 g/mol. The molecule has 2 unspecified atom stereocenters. The van der Waals surface area contributed by atoms with Gasteiger partial charge in [0.05, 0.1) is 22.9 Å². The van der Waals surface area contributed by atoms with Crippen LogP contribution in [0.5, 0.6) is 0 Å². The molecule has 4 heteroatoms. The highest BCUT2D eigenvalue weighted by Crippen LogP contribution is 2.28. The Hall–Kier alpha value is -0.800. The summed E-state index contributed by atoms with van der Waals surface area (Å²) >= 11 is 5.95. The molecule has 1 aliphatic rings. The highest BCUT2D eigenvalue weighted by molar-refractivity contribution is 6.33. The van der Waals surface area contributed by atoms with Gasteiger partial charge in [-0.05, 0) is 25.0 Å². The highest BCUT2D eigenvalue weighted by Gasteiger charge is 2.23. The van der Waals surface area contributed by atoms with Crippen molar-refractivity contribution in [1.82, 2.24) is 0 Å². The van der Waals surface area contributed by atoms with E-state index in [1.807, 2.05) is 0 Å². The van der Waals surface area contributed by atoms with Gasteiger partial charge >= 0.3 is 0 Å². The number of hydrogen-bond donors (Lipinski definition) is 2. The number of rotatable bonds is 2. The summed E-state index contributed by atoms with van der Waals surface area (Å²) in [6.07, 6.45) is 4.41. The molecule has 2 N–H and O–H groups in total. The molecule has 1 fully saturated rings. The first-order valence-corrected chi connectivity index (χ1v) is 6.45. The fraction of sp³-hybridized carbons (Fsp3) is 0.538. The van der Waals surface area contributed by atoms with Crippen molar-refractivity contribution in [2.45, 2.75) is 44.2 Å². The fourth-order valence-corrected chi connectivity index (χ4v) is 2.50. The van der Waals surface area contributed by atoms with Gasteiger partial charge in [-0.2, -0.15) is 0 Å². The summed E-state index contributed by atoms with van der Waals surface area (Å²) < 4.78 is 13.6. The summed E-state index contributed by atoms with van der Waals surface area (Å²) in [4.78, 5) is 0. The Labute approximate surface area is 106 Å². The number of para-hydroxylation sites is 1. The van der Waals surface area contributed by atoms with Crippen LogP contribution in [0, 0.1) is 5.82 Å². The second-order valence-electron chi connectivity index (χ2n) is 4.55. The third kappa shape index (κ3) is 3.11. The molecule has 0 bridgehead atoms. The van der Waals surface area contributed by atoms with Crippen molar-refractivity contribution >= 4 is 17.3 Å². The first kappa shape index (κ1) is 12.7. The Balaban J connectivity index is 2.13. The van der Waals surface area contributed by atoms with E-state index in [1.165, 1.54) is 6.07 Å². The molecule has 94 valence electrons. The van der Waals surface area contributed by atoms with E-state index in [1.54, 1.807) is 12.1 Å². The number of benzene rings is 1. The Morgan fingerprint density at radius 2 is 2.00 bits per heavy atom. The molecule has 0 saturated heterocycles. The maximum Gasteiger partial charge on any atom is 0.147 e. The second kappa shape index (κ2) is 5.69. The molecule has 17 heavy (non-hydrogen) atoms. The van der Waals surface area contributed by atoms with Crippen molar-refractivity contribution in [2.24, 2.45) is 0 Å². The number of nitrogens with one attached hydrogen (secondary N) is 1. The van der Waals surface area contributed by atoms with E-state index in [0.717, 1.165) is 32.1 Å². The van der Waals surface area contributed by atoms with Crippen molar-refractivity contribution in [3.05, 3.63) is 29.0 Å². The molecule has 1 aromatic carbocycles. The summed E-state index contributed by atoms with van der Waals surface area (Å²) in [5, 5.41) is 13.4. The van der Waals surface area contributed by atoms with Crippen LogP contribution in [0.1, 0.15) is 32.1 Å². The van der Waals surface area contributed by atoms with E-state index >= 15 is 0 Å². The zero-order valence-corrected chi connectivity index (χ0v) is 10.4. The normalized spacial score (nSPS) is 25.4. The minimum atomic E-state index is -0.423. The molecular formula is C13H17ClFNO. The van der Waals surface area contributed by atoms with Gasteiger partial charge in [0, 0.05) is 0 Å². The van der Waals surface area contributed by atoms with Gasteiger partial charge in [-0.3, -0.25) is 0 Å². The van der Waals surface area contributed by atoms with E-state index in [2.05, 4.69) is 5.32 Å². The van der Waals surface area contributed by atoms with Gasteiger partial charge in [-0.15, -0.1) is 0 Å². The van der Waals surface area contributed by atoms with Crippen LogP contribution in [0.25, 0.3) is 0 Å². The zero-order chi connectivity index (χ0) is 12.3. The average Bonchev–Trinajstić information content (AvgIpc) is 2.49. The van der Waals surface area contributed by atoms with Gasteiger partial charge in [-0.25, -0.2) is 4.39 Å². The summed E-state index contributed by atoms with van der Waals surface area (Å²) in [5.41, 5.74) is 0.306. The molecule has 0 aromatic heterocycles. The lowest BCUT2D eigenvalue weighted by molar-refractivity contribution is 0.144. The van der Waals surface area contributed by atoms with Crippen LogP contribution in [0.15, 0.2) is 18.2 Å². The topological polar surface area (TPSA) is 32.3 Å². The maximum absolute atomic E-state index is 13.6. The van der Waals surface area contributed by atoms with E-state index in [0.29, 0.717) is 10.7 Å². The van der Waals surface area contributed by atoms with Crippen molar-refractivity contribution in [2.75, 3.05) is 5.32 Å². The predicted octanol–water partition coefficient (Wildman–Crippen LogP) is 3.58. The third-order valence-corrected chi connectivity index (χ3v) is 3.59. The molecule has 2 nitrogen and oxygen atoms in total. The molecule has 0 heterocycles. The highest BCUT2D eigenvalue weighted by atomic mass is 35.5. The standard InChI is InChI=1S/C13H17ClFNO/c14-9-5-4-6-10(15)13(9)16-11-7-2-1-3-8-12(11)17/h4-6,11-12,16-17H,1-3,7-8H2. The van der Waals surface area contributed by atoms with Crippen molar-refractivity contribution < 1.29 is 9.50 Å². The lowest BCUT2D eigenvalue weighted by Gasteiger charge is -2.23. The largest absolute Gasteiger partial charge is 0.391 e. The van der Waals surface area contributed by atoms with E-state index in [9.17, 15) is 9.50 Å². The lowest BCUT2D eigenvalue weighted by Crippen LogP contribution is -2.32. The molecule has 1 aromatic rings.